The lowest BCUT2D eigenvalue weighted by atomic mass is 10.2. The maximum absolute atomic E-state index is 12.3. The van der Waals surface area contributed by atoms with Crippen molar-refractivity contribution in [2.75, 3.05) is 31.4 Å². The van der Waals surface area contributed by atoms with Gasteiger partial charge in [-0.3, -0.25) is 9.78 Å². The smallest absolute Gasteiger partial charge is 0.243 e. The van der Waals surface area contributed by atoms with Crippen molar-refractivity contribution in [3.8, 4) is 23.0 Å². The number of hydrogen-bond donors (Lipinski definition) is 2. The molecular weight excluding hydrogens is 358 g/mol. The van der Waals surface area contributed by atoms with Gasteiger partial charge in [0.25, 0.3) is 0 Å². The molecular formula is C21H21N3O4. The van der Waals surface area contributed by atoms with Crippen LogP contribution in [-0.4, -0.2) is 31.7 Å². The summed E-state index contributed by atoms with van der Waals surface area (Å²) < 4.78 is 16.2. The van der Waals surface area contributed by atoms with Crippen LogP contribution in [0.25, 0.3) is 0 Å². The minimum atomic E-state index is -0.205. The fourth-order valence-electron chi connectivity index (χ4n) is 2.47. The Bertz CT molecular complexity index is 915. The van der Waals surface area contributed by atoms with E-state index in [9.17, 15) is 4.79 Å². The van der Waals surface area contributed by atoms with Gasteiger partial charge < -0.3 is 24.8 Å². The second kappa shape index (κ2) is 9.27. The highest BCUT2D eigenvalue weighted by Gasteiger charge is 2.09. The van der Waals surface area contributed by atoms with E-state index >= 15 is 0 Å². The van der Waals surface area contributed by atoms with E-state index in [2.05, 4.69) is 15.6 Å². The molecule has 28 heavy (non-hydrogen) atoms. The van der Waals surface area contributed by atoms with Crippen LogP contribution >= 0.6 is 0 Å². The van der Waals surface area contributed by atoms with Gasteiger partial charge in [-0.15, -0.1) is 0 Å². The summed E-state index contributed by atoms with van der Waals surface area (Å²) in [6, 6.07) is 16.1. The molecule has 144 valence electrons. The lowest BCUT2D eigenvalue weighted by molar-refractivity contribution is -0.114. The van der Waals surface area contributed by atoms with Crippen LogP contribution in [0.3, 0.4) is 0 Å². The zero-order chi connectivity index (χ0) is 19.8. The fraction of sp³-hybridized carbons (Fsp3) is 0.143. The van der Waals surface area contributed by atoms with E-state index < -0.39 is 0 Å². The number of benzene rings is 2. The van der Waals surface area contributed by atoms with Crippen molar-refractivity contribution in [1.82, 2.24) is 4.98 Å². The number of nitrogens with zero attached hydrogens (tertiary/aromatic N) is 1. The topological polar surface area (TPSA) is 81.7 Å². The average molecular weight is 379 g/mol. The molecule has 0 radical (unpaired) electrons. The number of amides is 1. The summed E-state index contributed by atoms with van der Waals surface area (Å²) in [5, 5.41) is 5.89. The van der Waals surface area contributed by atoms with E-state index in [1.165, 1.54) is 0 Å². The van der Waals surface area contributed by atoms with Gasteiger partial charge in [-0.05, 0) is 48.5 Å². The maximum atomic E-state index is 12.3. The fourth-order valence-corrected chi connectivity index (χ4v) is 2.47. The number of carbonyl (C=O) groups excluding carboxylic acids is 1. The summed E-state index contributed by atoms with van der Waals surface area (Å²) in [6.07, 6.45) is 3.34. The van der Waals surface area contributed by atoms with Crippen molar-refractivity contribution in [2.24, 2.45) is 0 Å². The summed E-state index contributed by atoms with van der Waals surface area (Å²) >= 11 is 0. The van der Waals surface area contributed by atoms with Gasteiger partial charge in [-0.2, -0.15) is 0 Å². The Labute approximate surface area is 163 Å². The molecule has 2 N–H and O–H groups in total. The number of nitrogens with one attached hydrogen (secondary N) is 2. The number of pyridine rings is 1. The Kier molecular flexibility index (Phi) is 6.30. The van der Waals surface area contributed by atoms with Crippen LogP contribution in [0.2, 0.25) is 0 Å². The van der Waals surface area contributed by atoms with E-state index in [1.54, 1.807) is 56.9 Å². The van der Waals surface area contributed by atoms with Gasteiger partial charge in [-0.1, -0.05) is 0 Å². The number of rotatable bonds is 8. The van der Waals surface area contributed by atoms with Gasteiger partial charge >= 0.3 is 0 Å². The molecule has 0 saturated heterocycles. The van der Waals surface area contributed by atoms with E-state index in [4.69, 9.17) is 14.2 Å². The maximum Gasteiger partial charge on any atom is 0.243 e. The van der Waals surface area contributed by atoms with Crippen LogP contribution in [-0.2, 0) is 4.79 Å². The van der Waals surface area contributed by atoms with Crippen molar-refractivity contribution >= 4 is 17.3 Å². The molecule has 0 unspecified atom stereocenters. The molecule has 0 aliphatic rings. The number of ether oxygens (including phenoxy) is 3. The van der Waals surface area contributed by atoms with E-state index in [1.807, 2.05) is 24.3 Å². The van der Waals surface area contributed by atoms with Crippen molar-refractivity contribution in [3.05, 3.63) is 67.0 Å². The van der Waals surface area contributed by atoms with Crippen molar-refractivity contribution in [3.63, 3.8) is 0 Å². The Balaban J connectivity index is 1.55. The predicted octanol–water partition coefficient (Wildman–Crippen LogP) is 3.94. The van der Waals surface area contributed by atoms with Crippen LogP contribution in [0.1, 0.15) is 0 Å². The van der Waals surface area contributed by atoms with Crippen LogP contribution in [0.5, 0.6) is 23.0 Å². The first-order valence-corrected chi connectivity index (χ1v) is 8.61. The van der Waals surface area contributed by atoms with Gasteiger partial charge in [-0.25, -0.2) is 0 Å². The minimum absolute atomic E-state index is 0.102. The van der Waals surface area contributed by atoms with Crippen molar-refractivity contribution in [2.45, 2.75) is 0 Å². The van der Waals surface area contributed by atoms with Gasteiger partial charge in [0.1, 0.15) is 23.0 Å². The number of aromatic nitrogens is 1. The summed E-state index contributed by atoms with van der Waals surface area (Å²) in [6.45, 7) is 0.102. The highest BCUT2D eigenvalue weighted by atomic mass is 16.5. The van der Waals surface area contributed by atoms with Gasteiger partial charge in [0.2, 0.25) is 5.91 Å². The molecule has 0 spiro atoms. The first-order chi connectivity index (χ1) is 13.7. The molecule has 0 bridgehead atoms. The molecule has 0 fully saturated rings. The molecule has 1 aromatic heterocycles. The quantitative estimate of drug-likeness (QED) is 0.617. The third kappa shape index (κ3) is 5.14. The zero-order valence-electron chi connectivity index (χ0n) is 15.6. The Morgan fingerprint density at radius 1 is 0.893 bits per heavy atom. The SMILES string of the molecule is COc1ccc(OC)c(NC(=O)CNc2ccc(Oc3ccncc3)cc2)c1. The molecule has 7 heteroatoms. The largest absolute Gasteiger partial charge is 0.497 e. The molecule has 1 amide bonds. The Morgan fingerprint density at radius 3 is 2.25 bits per heavy atom. The summed E-state index contributed by atoms with van der Waals surface area (Å²) in [5.41, 5.74) is 1.35. The first-order valence-electron chi connectivity index (χ1n) is 8.61. The summed E-state index contributed by atoms with van der Waals surface area (Å²) in [4.78, 5) is 16.2. The third-order valence-electron chi connectivity index (χ3n) is 3.87. The van der Waals surface area contributed by atoms with Crippen molar-refractivity contribution < 1.29 is 19.0 Å². The Morgan fingerprint density at radius 2 is 1.57 bits per heavy atom. The normalized spacial score (nSPS) is 10.1. The Hall–Kier alpha value is -3.74. The lowest BCUT2D eigenvalue weighted by Gasteiger charge is -2.12. The van der Waals surface area contributed by atoms with Gasteiger partial charge in [0.15, 0.2) is 0 Å². The minimum Gasteiger partial charge on any atom is -0.497 e. The molecule has 0 saturated carbocycles. The predicted molar refractivity (Wildman–Crippen MR) is 107 cm³/mol. The number of hydrogen-bond acceptors (Lipinski definition) is 6. The number of methoxy groups -OCH3 is 2. The van der Waals surface area contributed by atoms with E-state index in [-0.39, 0.29) is 12.5 Å². The monoisotopic (exact) mass is 379 g/mol. The highest BCUT2D eigenvalue weighted by Crippen LogP contribution is 2.29. The molecule has 1 heterocycles. The third-order valence-corrected chi connectivity index (χ3v) is 3.87. The van der Waals surface area contributed by atoms with Crippen LogP contribution < -0.4 is 24.8 Å². The van der Waals surface area contributed by atoms with Gasteiger partial charge in [0.05, 0.1) is 26.5 Å². The van der Waals surface area contributed by atoms with Crippen LogP contribution in [0.4, 0.5) is 11.4 Å². The van der Waals surface area contributed by atoms with Crippen LogP contribution in [0.15, 0.2) is 67.0 Å². The van der Waals surface area contributed by atoms with E-state index in [0.29, 0.717) is 28.7 Å². The number of anilines is 2. The molecule has 3 rings (SSSR count). The summed E-state index contributed by atoms with van der Waals surface area (Å²) in [7, 11) is 3.11. The molecule has 7 nitrogen and oxygen atoms in total. The average Bonchev–Trinajstić information content (AvgIpc) is 2.74. The zero-order valence-corrected chi connectivity index (χ0v) is 15.6. The molecule has 3 aromatic rings. The molecule has 2 aromatic carbocycles. The highest BCUT2D eigenvalue weighted by molar-refractivity contribution is 5.95. The van der Waals surface area contributed by atoms with E-state index in [0.717, 1.165) is 5.69 Å². The second-order valence-electron chi connectivity index (χ2n) is 5.78. The second-order valence-corrected chi connectivity index (χ2v) is 5.78. The van der Waals surface area contributed by atoms with Crippen LogP contribution in [0, 0.1) is 0 Å². The standard InChI is InChI=1S/C21H21N3O4/c1-26-18-7-8-20(27-2)19(13-18)24-21(25)14-23-15-3-5-16(6-4-15)28-17-9-11-22-12-10-17/h3-13,23H,14H2,1-2H3,(H,24,25). The molecule has 0 atom stereocenters. The number of carbonyl (C=O) groups is 1. The van der Waals surface area contributed by atoms with Gasteiger partial charge in [0, 0.05) is 24.1 Å². The molecule has 0 aliphatic heterocycles. The summed E-state index contributed by atoms with van der Waals surface area (Å²) in [5.74, 6) is 2.40. The first kappa shape index (κ1) is 19.0. The molecule has 0 aliphatic carbocycles. The van der Waals surface area contributed by atoms with Crippen molar-refractivity contribution in [1.29, 1.82) is 0 Å². The lowest BCUT2D eigenvalue weighted by Crippen LogP contribution is -2.22.